The maximum Gasteiger partial charge on any atom is 0.303 e. The molecule has 0 N–H and O–H groups in total. The molecule has 1 aromatic carbocycles. The van der Waals surface area contributed by atoms with Crippen molar-refractivity contribution < 1.29 is 23.8 Å². The molecule has 0 radical (unpaired) electrons. The smallest absolute Gasteiger partial charge is 0.303 e. The van der Waals surface area contributed by atoms with E-state index in [0.717, 1.165) is 0 Å². The van der Waals surface area contributed by atoms with Crippen LogP contribution in [0.15, 0.2) is 12.1 Å². The minimum Gasteiger partial charge on any atom is -0.488 e. The summed E-state index contributed by atoms with van der Waals surface area (Å²) in [5.41, 5.74) is 0. The monoisotopic (exact) mass is 354 g/mol. The van der Waals surface area contributed by atoms with Crippen LogP contribution in [-0.4, -0.2) is 31.3 Å². The molecule has 21 heavy (non-hydrogen) atoms. The molecule has 0 heterocycles. The number of hydrogen-bond acceptors (Lipinski definition) is 5. The zero-order valence-corrected chi connectivity index (χ0v) is 13.6. The van der Waals surface area contributed by atoms with Gasteiger partial charge in [0.1, 0.15) is 19.0 Å². The van der Waals surface area contributed by atoms with Crippen molar-refractivity contribution in [2.45, 2.75) is 20.0 Å². The molecule has 0 amide bonds. The van der Waals surface area contributed by atoms with Crippen LogP contribution in [0.2, 0.25) is 15.1 Å². The first-order chi connectivity index (χ1) is 9.79. The van der Waals surface area contributed by atoms with Gasteiger partial charge in [0.15, 0.2) is 6.10 Å². The standard InChI is InChI=1S/C13H13Cl3O5/c1-7(17)19-5-9(21-8(2)18)6-20-13-4-11(15)10(14)3-12(13)16/h3-4,9H,5-6H2,1-2H3/t9-/m0/s1. The van der Waals surface area contributed by atoms with Gasteiger partial charge in [0, 0.05) is 19.9 Å². The highest BCUT2D eigenvalue weighted by atomic mass is 35.5. The third-order valence-electron chi connectivity index (χ3n) is 2.20. The average molecular weight is 356 g/mol. The van der Waals surface area contributed by atoms with Crippen LogP contribution in [0, 0.1) is 0 Å². The highest BCUT2D eigenvalue weighted by Gasteiger charge is 2.16. The lowest BCUT2D eigenvalue weighted by Crippen LogP contribution is -2.29. The molecule has 0 fully saturated rings. The predicted molar refractivity (Wildman–Crippen MR) is 79.2 cm³/mol. The second-order valence-corrected chi connectivity index (χ2v) is 5.26. The minimum absolute atomic E-state index is 0.0511. The molecule has 0 saturated carbocycles. The molecule has 0 aliphatic heterocycles. The minimum atomic E-state index is -0.753. The fraction of sp³-hybridized carbons (Fsp3) is 0.385. The molecule has 0 aliphatic carbocycles. The summed E-state index contributed by atoms with van der Waals surface area (Å²) >= 11 is 17.6. The Kier molecular flexibility index (Phi) is 7.08. The molecule has 8 heteroatoms. The number of halogens is 3. The number of carbonyl (C=O) groups excluding carboxylic acids is 2. The number of hydrogen-bond donors (Lipinski definition) is 0. The highest BCUT2D eigenvalue weighted by molar-refractivity contribution is 6.43. The van der Waals surface area contributed by atoms with E-state index in [1.54, 1.807) is 0 Å². The summed E-state index contributed by atoms with van der Waals surface area (Å²) in [6.45, 7) is 2.33. The molecule has 0 bridgehead atoms. The molecule has 1 atom stereocenters. The van der Waals surface area contributed by atoms with E-state index in [9.17, 15) is 9.59 Å². The lowest BCUT2D eigenvalue weighted by Gasteiger charge is -2.18. The molecule has 5 nitrogen and oxygen atoms in total. The maximum atomic E-state index is 11.0. The lowest BCUT2D eigenvalue weighted by molar-refractivity contribution is -0.158. The van der Waals surface area contributed by atoms with Crippen LogP contribution in [-0.2, 0) is 19.1 Å². The topological polar surface area (TPSA) is 61.8 Å². The molecule has 0 aromatic heterocycles. The van der Waals surface area contributed by atoms with Crippen molar-refractivity contribution in [1.82, 2.24) is 0 Å². The van der Waals surface area contributed by atoms with E-state index in [2.05, 4.69) is 0 Å². The van der Waals surface area contributed by atoms with Crippen molar-refractivity contribution in [1.29, 1.82) is 0 Å². The zero-order chi connectivity index (χ0) is 16.0. The fourth-order valence-electron chi connectivity index (χ4n) is 1.36. The summed E-state index contributed by atoms with van der Waals surface area (Å²) in [6.07, 6.45) is -0.753. The number of esters is 2. The van der Waals surface area contributed by atoms with Gasteiger partial charge in [-0.15, -0.1) is 0 Å². The van der Waals surface area contributed by atoms with Crippen molar-refractivity contribution in [3.8, 4) is 5.75 Å². The van der Waals surface area contributed by atoms with E-state index < -0.39 is 18.0 Å². The first kappa shape index (κ1) is 17.9. The molecule has 0 saturated heterocycles. The van der Waals surface area contributed by atoms with Crippen LogP contribution in [0.25, 0.3) is 0 Å². The van der Waals surface area contributed by atoms with E-state index in [1.807, 2.05) is 0 Å². The van der Waals surface area contributed by atoms with Gasteiger partial charge in [-0.2, -0.15) is 0 Å². The van der Waals surface area contributed by atoms with Gasteiger partial charge in [-0.25, -0.2) is 0 Å². The van der Waals surface area contributed by atoms with E-state index in [0.29, 0.717) is 5.02 Å². The summed E-state index contributed by atoms with van der Waals surface area (Å²) < 4.78 is 15.2. The Morgan fingerprint density at radius 3 is 2.19 bits per heavy atom. The largest absolute Gasteiger partial charge is 0.488 e. The SMILES string of the molecule is CC(=O)OC[C@@H](COc1cc(Cl)c(Cl)cc1Cl)OC(C)=O. The Bertz CT molecular complexity index is 533. The quantitative estimate of drug-likeness (QED) is 0.577. The van der Waals surface area contributed by atoms with Crippen LogP contribution >= 0.6 is 34.8 Å². The second-order valence-electron chi connectivity index (χ2n) is 4.04. The Morgan fingerprint density at radius 2 is 1.62 bits per heavy atom. The average Bonchev–Trinajstić information content (AvgIpc) is 2.37. The molecule has 116 valence electrons. The van der Waals surface area contributed by atoms with E-state index >= 15 is 0 Å². The zero-order valence-electron chi connectivity index (χ0n) is 11.3. The maximum absolute atomic E-state index is 11.0. The van der Waals surface area contributed by atoms with Crippen LogP contribution in [0.4, 0.5) is 0 Å². The Hall–Kier alpha value is -1.17. The number of rotatable bonds is 6. The molecular formula is C13H13Cl3O5. The molecule has 0 spiro atoms. The first-order valence-electron chi connectivity index (χ1n) is 5.87. The Balaban J connectivity index is 2.69. The summed E-state index contributed by atoms with van der Waals surface area (Å²) in [5, 5.41) is 0.837. The fourth-order valence-corrected chi connectivity index (χ4v) is 1.95. The summed E-state index contributed by atoms with van der Waals surface area (Å²) in [6, 6.07) is 2.89. The predicted octanol–water partition coefficient (Wildman–Crippen LogP) is 3.52. The van der Waals surface area contributed by atoms with Gasteiger partial charge in [-0.3, -0.25) is 9.59 Å². The van der Waals surface area contributed by atoms with Gasteiger partial charge in [-0.1, -0.05) is 34.8 Å². The van der Waals surface area contributed by atoms with E-state index in [-0.39, 0.29) is 29.0 Å². The lowest BCUT2D eigenvalue weighted by atomic mass is 10.3. The van der Waals surface area contributed by atoms with Crippen LogP contribution in [0.5, 0.6) is 5.75 Å². The van der Waals surface area contributed by atoms with Crippen LogP contribution in [0.1, 0.15) is 13.8 Å². The van der Waals surface area contributed by atoms with Crippen molar-refractivity contribution in [2.75, 3.05) is 13.2 Å². The molecule has 0 unspecified atom stereocenters. The molecule has 1 rings (SSSR count). The van der Waals surface area contributed by atoms with E-state index in [1.165, 1.54) is 26.0 Å². The van der Waals surface area contributed by atoms with Crippen molar-refractivity contribution in [3.05, 3.63) is 27.2 Å². The normalized spacial score (nSPS) is 11.7. The molecular weight excluding hydrogens is 342 g/mol. The Morgan fingerprint density at radius 1 is 1.00 bits per heavy atom. The number of benzene rings is 1. The van der Waals surface area contributed by atoms with Gasteiger partial charge < -0.3 is 14.2 Å². The molecule has 0 aliphatic rings. The van der Waals surface area contributed by atoms with Crippen molar-refractivity contribution >= 4 is 46.7 Å². The van der Waals surface area contributed by atoms with Gasteiger partial charge in [-0.05, 0) is 6.07 Å². The molecule has 1 aromatic rings. The summed E-state index contributed by atoms with van der Waals surface area (Å²) in [5.74, 6) is -0.721. The van der Waals surface area contributed by atoms with Gasteiger partial charge in [0.2, 0.25) is 0 Å². The van der Waals surface area contributed by atoms with Crippen LogP contribution in [0.3, 0.4) is 0 Å². The number of carbonyl (C=O) groups is 2. The van der Waals surface area contributed by atoms with Gasteiger partial charge in [0.25, 0.3) is 0 Å². The van der Waals surface area contributed by atoms with Gasteiger partial charge >= 0.3 is 11.9 Å². The van der Waals surface area contributed by atoms with E-state index in [4.69, 9.17) is 49.0 Å². The summed E-state index contributed by atoms with van der Waals surface area (Å²) in [4.78, 5) is 21.8. The first-order valence-corrected chi connectivity index (χ1v) is 7.01. The Labute approximate surface area is 137 Å². The second kappa shape index (κ2) is 8.32. The van der Waals surface area contributed by atoms with Crippen molar-refractivity contribution in [3.63, 3.8) is 0 Å². The third-order valence-corrected chi connectivity index (χ3v) is 3.22. The van der Waals surface area contributed by atoms with Gasteiger partial charge in [0.05, 0.1) is 15.1 Å². The van der Waals surface area contributed by atoms with Crippen molar-refractivity contribution in [2.24, 2.45) is 0 Å². The highest BCUT2D eigenvalue weighted by Crippen LogP contribution is 2.33. The van der Waals surface area contributed by atoms with Crippen LogP contribution < -0.4 is 4.74 Å². The third kappa shape index (κ3) is 6.42. The number of ether oxygens (including phenoxy) is 3. The summed E-state index contributed by atoms with van der Waals surface area (Å²) in [7, 11) is 0.